The number of carbonyl (C=O) groups is 1. The first-order valence-electron chi connectivity index (χ1n) is 10.7. The molecule has 1 aliphatic heterocycles. The Hall–Kier alpha value is -2.29. The van der Waals surface area contributed by atoms with Gasteiger partial charge >= 0.3 is 0 Å². The van der Waals surface area contributed by atoms with E-state index in [9.17, 15) is 13.2 Å². The highest BCUT2D eigenvalue weighted by Crippen LogP contribution is 2.18. The van der Waals surface area contributed by atoms with Crippen molar-refractivity contribution in [1.82, 2.24) is 14.8 Å². The molecule has 0 bridgehead atoms. The Morgan fingerprint density at radius 1 is 1.10 bits per heavy atom. The molecule has 31 heavy (non-hydrogen) atoms. The van der Waals surface area contributed by atoms with E-state index in [4.69, 9.17) is 4.74 Å². The average Bonchev–Trinajstić information content (AvgIpc) is 2.79. The fourth-order valence-electron chi connectivity index (χ4n) is 3.51. The maximum atomic E-state index is 13.3. The molecule has 8 heteroatoms. The van der Waals surface area contributed by atoms with Crippen LogP contribution < -0.4 is 0 Å². The molecule has 0 atom stereocenters. The Kier molecular flexibility index (Phi) is 8.17. The van der Waals surface area contributed by atoms with Crippen LogP contribution in [0.15, 0.2) is 53.7 Å². The molecule has 7 nitrogen and oxygen atoms in total. The van der Waals surface area contributed by atoms with Crippen LogP contribution in [0.25, 0.3) is 0 Å². The minimum atomic E-state index is -3.36. The van der Waals surface area contributed by atoms with Gasteiger partial charge in [-0.05, 0) is 62.2 Å². The first-order valence-corrected chi connectivity index (χ1v) is 12.2. The fourth-order valence-corrected chi connectivity index (χ4v) is 4.57. The van der Waals surface area contributed by atoms with E-state index < -0.39 is 15.1 Å². The molecule has 1 aromatic carbocycles. The summed E-state index contributed by atoms with van der Waals surface area (Å²) in [5, 5.41) is -0.502. The van der Waals surface area contributed by atoms with E-state index in [-0.39, 0.29) is 10.8 Å². The van der Waals surface area contributed by atoms with Crippen LogP contribution in [0.4, 0.5) is 0 Å². The van der Waals surface area contributed by atoms with Gasteiger partial charge in [-0.25, -0.2) is 8.42 Å². The molecule has 0 aliphatic carbocycles. The molecule has 1 aromatic heterocycles. The zero-order chi connectivity index (χ0) is 22.3. The Bertz CT molecular complexity index is 941. The van der Waals surface area contributed by atoms with Crippen molar-refractivity contribution in [1.29, 1.82) is 0 Å². The van der Waals surface area contributed by atoms with Gasteiger partial charge in [0.1, 0.15) is 0 Å². The minimum Gasteiger partial charge on any atom is -0.379 e. The number of rotatable bonds is 9. The van der Waals surface area contributed by atoms with Crippen molar-refractivity contribution in [2.75, 3.05) is 39.4 Å². The van der Waals surface area contributed by atoms with E-state index in [1.165, 1.54) is 12.1 Å². The normalized spacial score (nSPS) is 15.2. The van der Waals surface area contributed by atoms with Crippen LogP contribution in [-0.2, 0) is 21.1 Å². The predicted octanol–water partition coefficient (Wildman–Crippen LogP) is 2.63. The molecule has 168 valence electrons. The molecule has 0 saturated carbocycles. The van der Waals surface area contributed by atoms with Crippen LogP contribution in [-0.4, -0.2) is 73.8 Å². The van der Waals surface area contributed by atoms with Crippen LogP contribution in [0.1, 0.15) is 36.2 Å². The van der Waals surface area contributed by atoms with Crippen molar-refractivity contribution < 1.29 is 17.9 Å². The third kappa shape index (κ3) is 6.35. The molecule has 1 aliphatic rings. The van der Waals surface area contributed by atoms with E-state index in [2.05, 4.69) is 9.88 Å². The lowest BCUT2D eigenvalue weighted by Gasteiger charge is -2.28. The number of pyridine rings is 1. The van der Waals surface area contributed by atoms with E-state index >= 15 is 0 Å². The Balaban J connectivity index is 1.71. The van der Waals surface area contributed by atoms with Gasteiger partial charge in [0.05, 0.1) is 23.4 Å². The van der Waals surface area contributed by atoms with E-state index in [0.717, 1.165) is 44.8 Å². The first-order chi connectivity index (χ1) is 14.9. The summed E-state index contributed by atoms with van der Waals surface area (Å²) in [7, 11) is -3.36. The number of morpholine rings is 1. The average molecular weight is 446 g/mol. The number of sulfone groups is 1. The third-order valence-corrected chi connectivity index (χ3v) is 7.64. The lowest BCUT2D eigenvalue weighted by Crippen LogP contribution is -2.39. The van der Waals surface area contributed by atoms with Gasteiger partial charge in [0.15, 0.2) is 9.84 Å². The smallest absolute Gasteiger partial charge is 0.254 e. The minimum absolute atomic E-state index is 0.104. The highest BCUT2D eigenvalue weighted by atomic mass is 32.2. The lowest BCUT2D eigenvalue weighted by molar-refractivity contribution is 0.0355. The molecule has 1 fully saturated rings. The van der Waals surface area contributed by atoms with Gasteiger partial charge in [-0.1, -0.05) is 0 Å². The molecular formula is C23H31N3O4S. The summed E-state index contributed by atoms with van der Waals surface area (Å²) in [6, 6.07) is 10.1. The fraction of sp³-hybridized carbons (Fsp3) is 0.478. The molecule has 3 rings (SSSR count). The molecular weight excluding hydrogens is 414 g/mol. The molecule has 2 heterocycles. The predicted molar refractivity (Wildman–Crippen MR) is 120 cm³/mol. The van der Waals surface area contributed by atoms with Crippen LogP contribution >= 0.6 is 0 Å². The summed E-state index contributed by atoms with van der Waals surface area (Å²) in [5.74, 6) is -0.104. The molecule has 0 unspecified atom stereocenters. The largest absolute Gasteiger partial charge is 0.379 e. The Labute approximate surface area is 185 Å². The van der Waals surface area contributed by atoms with Crippen molar-refractivity contribution in [2.45, 2.75) is 37.0 Å². The van der Waals surface area contributed by atoms with Gasteiger partial charge in [-0.15, -0.1) is 0 Å². The van der Waals surface area contributed by atoms with Crippen molar-refractivity contribution in [3.05, 3.63) is 59.9 Å². The van der Waals surface area contributed by atoms with Gasteiger partial charge in [0.25, 0.3) is 5.91 Å². The first kappa shape index (κ1) is 23.4. The summed E-state index contributed by atoms with van der Waals surface area (Å²) in [6.07, 6.45) is 4.30. The highest BCUT2D eigenvalue weighted by Gasteiger charge is 2.21. The van der Waals surface area contributed by atoms with Gasteiger partial charge in [-0.2, -0.15) is 0 Å². The van der Waals surface area contributed by atoms with E-state index in [0.29, 0.717) is 18.7 Å². The molecule has 0 radical (unpaired) electrons. The summed E-state index contributed by atoms with van der Waals surface area (Å²) < 4.78 is 30.1. The topological polar surface area (TPSA) is 79.8 Å². The summed E-state index contributed by atoms with van der Waals surface area (Å²) in [4.78, 5) is 21.7. The third-order valence-electron chi connectivity index (χ3n) is 5.47. The summed E-state index contributed by atoms with van der Waals surface area (Å²) >= 11 is 0. The quantitative estimate of drug-likeness (QED) is 0.590. The summed E-state index contributed by atoms with van der Waals surface area (Å²) in [5.41, 5.74) is 1.50. The Morgan fingerprint density at radius 3 is 2.35 bits per heavy atom. The maximum Gasteiger partial charge on any atom is 0.254 e. The van der Waals surface area contributed by atoms with E-state index in [1.807, 2.05) is 17.0 Å². The number of benzene rings is 1. The number of nitrogens with zero attached hydrogens (tertiary/aromatic N) is 3. The van der Waals surface area contributed by atoms with Crippen molar-refractivity contribution in [3.8, 4) is 0 Å². The molecule has 2 aromatic rings. The standard InChI is InChI=1S/C23H31N3O4S/c1-19(2)31(28,29)22-6-4-21(5-7-22)23(27)26(18-20-8-10-24-11-9-20)13-3-12-25-14-16-30-17-15-25/h4-11,19H,3,12-18H2,1-2H3. The number of hydrogen-bond donors (Lipinski definition) is 0. The van der Waals surface area contributed by atoms with Crippen molar-refractivity contribution in [3.63, 3.8) is 0 Å². The SMILES string of the molecule is CC(C)S(=O)(=O)c1ccc(C(=O)N(CCCN2CCOCC2)Cc2ccncc2)cc1. The Morgan fingerprint density at radius 2 is 1.74 bits per heavy atom. The highest BCUT2D eigenvalue weighted by molar-refractivity contribution is 7.92. The van der Waals surface area contributed by atoms with Crippen LogP contribution in [0.5, 0.6) is 0 Å². The number of hydrogen-bond acceptors (Lipinski definition) is 6. The molecule has 1 saturated heterocycles. The summed E-state index contributed by atoms with van der Waals surface area (Å²) in [6.45, 7) is 8.67. The number of ether oxygens (including phenoxy) is 1. The van der Waals surface area contributed by atoms with E-state index in [1.54, 1.807) is 38.4 Å². The van der Waals surface area contributed by atoms with Crippen LogP contribution in [0.3, 0.4) is 0 Å². The second-order valence-electron chi connectivity index (χ2n) is 8.01. The zero-order valence-electron chi connectivity index (χ0n) is 18.2. The van der Waals surface area contributed by atoms with Gasteiger partial charge in [0, 0.05) is 50.7 Å². The number of amides is 1. The lowest BCUT2D eigenvalue weighted by atomic mass is 10.1. The monoisotopic (exact) mass is 445 g/mol. The van der Waals surface area contributed by atoms with Crippen molar-refractivity contribution >= 4 is 15.7 Å². The molecule has 0 N–H and O–H groups in total. The number of carbonyl (C=O) groups excluding carboxylic acids is 1. The van der Waals surface area contributed by atoms with Crippen LogP contribution in [0, 0.1) is 0 Å². The van der Waals surface area contributed by atoms with Gasteiger partial charge in [-0.3, -0.25) is 14.7 Å². The maximum absolute atomic E-state index is 13.3. The molecule has 1 amide bonds. The number of aromatic nitrogens is 1. The van der Waals surface area contributed by atoms with Gasteiger partial charge < -0.3 is 9.64 Å². The second kappa shape index (κ2) is 10.8. The van der Waals surface area contributed by atoms with Crippen molar-refractivity contribution in [2.24, 2.45) is 0 Å². The van der Waals surface area contributed by atoms with Crippen LogP contribution in [0.2, 0.25) is 0 Å². The zero-order valence-corrected chi connectivity index (χ0v) is 19.1. The van der Waals surface area contributed by atoms with Gasteiger partial charge in [0.2, 0.25) is 0 Å². The second-order valence-corrected chi connectivity index (χ2v) is 10.5. The molecule has 0 spiro atoms.